The van der Waals surface area contributed by atoms with Crippen molar-refractivity contribution in [2.24, 2.45) is 0 Å². The van der Waals surface area contributed by atoms with Crippen LogP contribution < -0.4 is 15.4 Å². The van der Waals surface area contributed by atoms with Crippen molar-refractivity contribution in [2.75, 3.05) is 7.05 Å². The lowest BCUT2D eigenvalue weighted by molar-refractivity contribution is -0.126. The smallest absolute Gasteiger partial charge is 0.239 e. The van der Waals surface area contributed by atoms with E-state index in [9.17, 15) is 4.79 Å². The molecule has 0 atom stereocenters. The Morgan fingerprint density at radius 2 is 2.16 bits per heavy atom. The standard InChI is InChI=1S/C14H23N3O2/c1-10(2)19-12-11(7-6-8-16-12)9-17-13(18)14(3,4)15-5/h6-8,10,15H,9H2,1-5H3,(H,17,18). The third kappa shape index (κ3) is 4.52. The molecule has 0 aromatic carbocycles. The highest BCUT2D eigenvalue weighted by molar-refractivity contribution is 5.85. The third-order valence-corrected chi connectivity index (χ3v) is 2.83. The van der Waals surface area contributed by atoms with Gasteiger partial charge in [-0.05, 0) is 40.8 Å². The number of ether oxygens (including phenoxy) is 1. The predicted molar refractivity (Wildman–Crippen MR) is 75.0 cm³/mol. The Hall–Kier alpha value is -1.62. The van der Waals surface area contributed by atoms with Gasteiger partial charge in [-0.3, -0.25) is 4.79 Å². The Labute approximate surface area is 114 Å². The highest BCUT2D eigenvalue weighted by Crippen LogP contribution is 2.15. The molecule has 0 aliphatic heterocycles. The number of likely N-dealkylation sites (N-methyl/N-ethyl adjacent to an activating group) is 1. The Morgan fingerprint density at radius 1 is 1.47 bits per heavy atom. The van der Waals surface area contributed by atoms with Gasteiger partial charge in [0.05, 0.1) is 11.6 Å². The number of nitrogens with one attached hydrogen (secondary N) is 2. The first-order valence-electron chi connectivity index (χ1n) is 6.44. The van der Waals surface area contributed by atoms with Crippen LogP contribution >= 0.6 is 0 Å². The molecule has 106 valence electrons. The molecule has 5 nitrogen and oxygen atoms in total. The quantitative estimate of drug-likeness (QED) is 0.818. The molecule has 1 aromatic heterocycles. The van der Waals surface area contributed by atoms with Crippen molar-refractivity contribution >= 4 is 5.91 Å². The molecule has 0 aliphatic rings. The van der Waals surface area contributed by atoms with Gasteiger partial charge in [0.25, 0.3) is 0 Å². The second-order valence-electron chi connectivity index (χ2n) is 5.19. The van der Waals surface area contributed by atoms with Crippen LogP contribution in [0.2, 0.25) is 0 Å². The van der Waals surface area contributed by atoms with Crippen molar-refractivity contribution in [3.63, 3.8) is 0 Å². The lowest BCUT2D eigenvalue weighted by Crippen LogP contribution is -2.50. The van der Waals surface area contributed by atoms with Crippen molar-refractivity contribution in [1.29, 1.82) is 0 Å². The third-order valence-electron chi connectivity index (χ3n) is 2.83. The summed E-state index contributed by atoms with van der Waals surface area (Å²) in [7, 11) is 1.76. The van der Waals surface area contributed by atoms with Crippen molar-refractivity contribution < 1.29 is 9.53 Å². The van der Waals surface area contributed by atoms with E-state index in [1.807, 2.05) is 39.8 Å². The Kier molecular flexibility index (Phi) is 5.30. The van der Waals surface area contributed by atoms with Gasteiger partial charge in [0.1, 0.15) is 0 Å². The largest absolute Gasteiger partial charge is 0.475 e. The van der Waals surface area contributed by atoms with Gasteiger partial charge in [0, 0.05) is 18.3 Å². The summed E-state index contributed by atoms with van der Waals surface area (Å²) in [5, 5.41) is 5.85. The zero-order valence-electron chi connectivity index (χ0n) is 12.3. The summed E-state index contributed by atoms with van der Waals surface area (Å²) in [4.78, 5) is 16.2. The van der Waals surface area contributed by atoms with Crippen LogP contribution in [0.25, 0.3) is 0 Å². The van der Waals surface area contributed by atoms with E-state index in [1.54, 1.807) is 13.2 Å². The number of rotatable bonds is 6. The molecule has 1 aromatic rings. The van der Waals surface area contributed by atoms with Gasteiger partial charge < -0.3 is 15.4 Å². The first-order valence-corrected chi connectivity index (χ1v) is 6.44. The molecule has 2 N–H and O–H groups in total. The van der Waals surface area contributed by atoms with Crippen LogP contribution in [0.3, 0.4) is 0 Å². The van der Waals surface area contributed by atoms with Gasteiger partial charge in [-0.2, -0.15) is 0 Å². The minimum absolute atomic E-state index is 0.0538. The normalized spacial score (nSPS) is 11.5. The molecule has 0 saturated heterocycles. The minimum Gasteiger partial charge on any atom is -0.475 e. The highest BCUT2D eigenvalue weighted by atomic mass is 16.5. The number of carbonyl (C=O) groups excluding carboxylic acids is 1. The maximum Gasteiger partial charge on any atom is 0.239 e. The lowest BCUT2D eigenvalue weighted by Gasteiger charge is -2.23. The monoisotopic (exact) mass is 265 g/mol. The van der Waals surface area contributed by atoms with E-state index in [0.29, 0.717) is 12.4 Å². The fraction of sp³-hybridized carbons (Fsp3) is 0.571. The van der Waals surface area contributed by atoms with Crippen LogP contribution in [0.4, 0.5) is 0 Å². The summed E-state index contributed by atoms with van der Waals surface area (Å²) >= 11 is 0. The molecule has 0 spiro atoms. The molecule has 19 heavy (non-hydrogen) atoms. The van der Waals surface area contributed by atoms with Crippen LogP contribution in [0.5, 0.6) is 5.88 Å². The number of aromatic nitrogens is 1. The summed E-state index contributed by atoms with van der Waals surface area (Å²) in [5.74, 6) is 0.509. The number of carbonyl (C=O) groups is 1. The number of hydrogen-bond donors (Lipinski definition) is 2. The molecule has 1 rings (SSSR count). The fourth-order valence-corrected chi connectivity index (χ4v) is 1.40. The second-order valence-corrected chi connectivity index (χ2v) is 5.19. The van der Waals surface area contributed by atoms with Gasteiger partial charge in [-0.25, -0.2) is 4.98 Å². The maximum atomic E-state index is 12.0. The van der Waals surface area contributed by atoms with Gasteiger partial charge in [0.2, 0.25) is 11.8 Å². The molecule has 1 amide bonds. The van der Waals surface area contributed by atoms with E-state index in [0.717, 1.165) is 5.56 Å². The number of amides is 1. The van der Waals surface area contributed by atoms with Crippen molar-refractivity contribution in [1.82, 2.24) is 15.6 Å². The topological polar surface area (TPSA) is 63.2 Å². The summed E-state index contributed by atoms with van der Waals surface area (Å²) < 4.78 is 5.61. The van der Waals surface area contributed by atoms with Crippen molar-refractivity contribution in [2.45, 2.75) is 45.9 Å². The van der Waals surface area contributed by atoms with E-state index < -0.39 is 5.54 Å². The van der Waals surface area contributed by atoms with Crippen LogP contribution in [0.15, 0.2) is 18.3 Å². The molecule has 5 heteroatoms. The molecular weight excluding hydrogens is 242 g/mol. The zero-order chi connectivity index (χ0) is 14.5. The van der Waals surface area contributed by atoms with Gasteiger partial charge in [0.15, 0.2) is 0 Å². The summed E-state index contributed by atoms with van der Waals surface area (Å²) in [6.45, 7) is 7.95. The Morgan fingerprint density at radius 3 is 2.74 bits per heavy atom. The number of pyridine rings is 1. The molecule has 1 heterocycles. The van der Waals surface area contributed by atoms with Gasteiger partial charge in [-0.1, -0.05) is 6.07 Å². The van der Waals surface area contributed by atoms with Crippen LogP contribution in [-0.4, -0.2) is 29.6 Å². The second kappa shape index (κ2) is 6.52. The van der Waals surface area contributed by atoms with Crippen molar-refractivity contribution in [3.8, 4) is 5.88 Å². The molecule has 0 aliphatic carbocycles. The maximum absolute atomic E-state index is 12.0. The summed E-state index contributed by atoms with van der Waals surface area (Å²) in [6, 6.07) is 3.73. The molecule has 0 radical (unpaired) electrons. The van der Waals surface area contributed by atoms with Crippen molar-refractivity contribution in [3.05, 3.63) is 23.9 Å². The average Bonchev–Trinajstić information content (AvgIpc) is 2.36. The Bertz CT molecular complexity index is 430. The van der Waals surface area contributed by atoms with E-state index in [1.165, 1.54) is 0 Å². The molecule has 0 unspecified atom stereocenters. The van der Waals surface area contributed by atoms with Crippen LogP contribution in [0, 0.1) is 0 Å². The number of hydrogen-bond acceptors (Lipinski definition) is 4. The lowest BCUT2D eigenvalue weighted by atomic mass is 10.1. The van der Waals surface area contributed by atoms with Gasteiger partial charge in [-0.15, -0.1) is 0 Å². The molecular formula is C14H23N3O2. The predicted octanol–water partition coefficient (Wildman–Crippen LogP) is 1.48. The van der Waals surface area contributed by atoms with Crippen LogP contribution in [-0.2, 0) is 11.3 Å². The molecule has 0 bridgehead atoms. The summed E-state index contributed by atoms with van der Waals surface area (Å²) in [6.07, 6.45) is 1.73. The number of nitrogens with zero attached hydrogens (tertiary/aromatic N) is 1. The van der Waals surface area contributed by atoms with E-state index in [-0.39, 0.29) is 12.0 Å². The average molecular weight is 265 g/mol. The highest BCUT2D eigenvalue weighted by Gasteiger charge is 2.24. The van der Waals surface area contributed by atoms with E-state index in [2.05, 4.69) is 15.6 Å². The fourth-order valence-electron chi connectivity index (χ4n) is 1.40. The zero-order valence-corrected chi connectivity index (χ0v) is 12.3. The SMILES string of the molecule is CNC(C)(C)C(=O)NCc1cccnc1OC(C)C. The van der Waals surface area contributed by atoms with Crippen LogP contribution in [0.1, 0.15) is 33.3 Å². The van der Waals surface area contributed by atoms with Gasteiger partial charge >= 0.3 is 0 Å². The van der Waals surface area contributed by atoms with E-state index >= 15 is 0 Å². The van der Waals surface area contributed by atoms with E-state index in [4.69, 9.17) is 4.74 Å². The minimum atomic E-state index is -0.596. The molecule has 0 saturated carbocycles. The summed E-state index contributed by atoms with van der Waals surface area (Å²) in [5.41, 5.74) is 0.276. The first-order chi connectivity index (χ1) is 8.86. The first kappa shape index (κ1) is 15.4. The molecule has 0 fully saturated rings. The Balaban J connectivity index is 2.70.